The summed E-state index contributed by atoms with van der Waals surface area (Å²) >= 11 is 5.95. The van der Waals surface area contributed by atoms with Gasteiger partial charge in [0.25, 0.3) is 0 Å². The first-order chi connectivity index (χ1) is 8.02. The van der Waals surface area contributed by atoms with Crippen molar-refractivity contribution in [3.05, 3.63) is 23.2 Å². The molecule has 92 valence electrons. The highest BCUT2D eigenvalue weighted by molar-refractivity contribution is 6.32. The summed E-state index contributed by atoms with van der Waals surface area (Å²) in [6.07, 6.45) is -0.134. The number of Topliss-reactive ketones (excluding diaryl/α,β-unsaturated/α-hetero) is 1. The number of amides is 1. The van der Waals surface area contributed by atoms with Crippen LogP contribution in [-0.4, -0.2) is 18.3 Å². The lowest BCUT2D eigenvalue weighted by atomic mass is 10.2. The zero-order valence-electron chi connectivity index (χ0n) is 9.75. The molecule has 0 unspecified atom stereocenters. The Morgan fingerprint density at radius 1 is 1.41 bits per heavy atom. The molecule has 1 rings (SSSR count). The molecule has 0 saturated heterocycles. The average Bonchev–Trinajstić information content (AvgIpc) is 2.21. The maximum Gasteiger partial charge on any atom is 0.231 e. The fourth-order valence-electron chi connectivity index (χ4n) is 1.28. The van der Waals surface area contributed by atoms with E-state index in [2.05, 4.69) is 5.32 Å². The van der Waals surface area contributed by atoms with Crippen LogP contribution >= 0.6 is 11.6 Å². The van der Waals surface area contributed by atoms with Crippen molar-refractivity contribution < 1.29 is 14.3 Å². The predicted octanol–water partition coefficient (Wildman–Crippen LogP) is 2.66. The van der Waals surface area contributed by atoms with Crippen LogP contribution in [0.3, 0.4) is 0 Å². The second kappa shape index (κ2) is 6.25. The molecule has 1 aromatic rings. The molecular weight excluding hydrogens is 242 g/mol. The van der Waals surface area contributed by atoms with Gasteiger partial charge in [-0.1, -0.05) is 11.6 Å². The van der Waals surface area contributed by atoms with Crippen molar-refractivity contribution >= 4 is 29.0 Å². The van der Waals surface area contributed by atoms with Crippen molar-refractivity contribution in [2.24, 2.45) is 0 Å². The molecule has 0 atom stereocenters. The summed E-state index contributed by atoms with van der Waals surface area (Å²) in [5.41, 5.74) is 0.546. The molecule has 0 radical (unpaired) electrons. The Bertz CT molecular complexity index is 432. The van der Waals surface area contributed by atoms with Gasteiger partial charge in [-0.2, -0.15) is 0 Å². The Morgan fingerprint density at radius 3 is 2.65 bits per heavy atom. The molecule has 1 N–H and O–H groups in total. The van der Waals surface area contributed by atoms with Crippen LogP contribution in [-0.2, 0) is 9.59 Å². The summed E-state index contributed by atoms with van der Waals surface area (Å²) in [5, 5.41) is 3.01. The van der Waals surface area contributed by atoms with E-state index in [0.717, 1.165) is 0 Å². The fourth-order valence-corrected chi connectivity index (χ4v) is 1.52. The Labute approximate surface area is 105 Å². The van der Waals surface area contributed by atoms with Gasteiger partial charge < -0.3 is 10.1 Å². The standard InChI is InChI=1S/C12H14ClNO3/c1-3-17-11-5-4-9(7-10(11)13)14-12(16)6-8(2)15/h4-5,7H,3,6H2,1-2H3,(H,14,16). The number of ketones is 1. The van der Waals surface area contributed by atoms with E-state index in [0.29, 0.717) is 23.1 Å². The topological polar surface area (TPSA) is 55.4 Å². The highest BCUT2D eigenvalue weighted by Crippen LogP contribution is 2.27. The summed E-state index contributed by atoms with van der Waals surface area (Å²) < 4.78 is 5.26. The molecule has 0 aliphatic rings. The van der Waals surface area contributed by atoms with Crippen molar-refractivity contribution in [1.82, 2.24) is 0 Å². The van der Waals surface area contributed by atoms with Crippen molar-refractivity contribution in [3.63, 3.8) is 0 Å². The van der Waals surface area contributed by atoms with Crippen LogP contribution in [0.2, 0.25) is 5.02 Å². The molecule has 0 spiro atoms. The van der Waals surface area contributed by atoms with Gasteiger partial charge in [-0.3, -0.25) is 9.59 Å². The molecule has 0 aliphatic heterocycles. The van der Waals surface area contributed by atoms with Gasteiger partial charge in [0.15, 0.2) is 0 Å². The van der Waals surface area contributed by atoms with Crippen LogP contribution < -0.4 is 10.1 Å². The Morgan fingerprint density at radius 2 is 2.12 bits per heavy atom. The van der Waals surface area contributed by atoms with Crippen molar-refractivity contribution in [2.45, 2.75) is 20.3 Å². The molecule has 0 fully saturated rings. The minimum Gasteiger partial charge on any atom is -0.492 e. The van der Waals surface area contributed by atoms with E-state index < -0.39 is 0 Å². The number of halogens is 1. The van der Waals surface area contributed by atoms with Gasteiger partial charge in [0.05, 0.1) is 18.1 Å². The molecule has 4 nitrogen and oxygen atoms in total. The number of ether oxygens (including phenoxy) is 1. The first-order valence-corrected chi connectivity index (χ1v) is 5.62. The summed E-state index contributed by atoms with van der Waals surface area (Å²) in [7, 11) is 0. The normalized spacial score (nSPS) is 9.82. The maximum atomic E-state index is 11.3. The summed E-state index contributed by atoms with van der Waals surface area (Å²) in [5.74, 6) is 0.0380. The monoisotopic (exact) mass is 255 g/mol. The summed E-state index contributed by atoms with van der Waals surface area (Å²) in [6.45, 7) is 3.75. The third kappa shape index (κ3) is 4.44. The molecule has 1 amide bonds. The zero-order valence-corrected chi connectivity index (χ0v) is 10.5. The van der Waals surface area contributed by atoms with Gasteiger partial charge in [0, 0.05) is 5.69 Å². The molecule has 1 aromatic carbocycles. The second-order valence-corrected chi connectivity index (χ2v) is 3.91. The third-order valence-corrected chi connectivity index (χ3v) is 2.22. The number of hydrogen-bond donors (Lipinski definition) is 1. The largest absolute Gasteiger partial charge is 0.492 e. The van der Waals surface area contributed by atoms with Gasteiger partial charge in [0.1, 0.15) is 11.5 Å². The van der Waals surface area contributed by atoms with Crippen LogP contribution in [0.1, 0.15) is 20.3 Å². The Kier molecular flexibility index (Phi) is 4.97. The molecule has 5 heteroatoms. The number of anilines is 1. The summed E-state index contributed by atoms with van der Waals surface area (Å²) in [4.78, 5) is 22.1. The first-order valence-electron chi connectivity index (χ1n) is 5.24. The average molecular weight is 256 g/mol. The number of carbonyl (C=O) groups is 2. The van der Waals surface area contributed by atoms with Crippen LogP contribution in [0, 0.1) is 0 Å². The minimum absolute atomic E-state index is 0.134. The van der Waals surface area contributed by atoms with E-state index in [4.69, 9.17) is 16.3 Å². The highest BCUT2D eigenvalue weighted by atomic mass is 35.5. The summed E-state index contributed by atoms with van der Waals surface area (Å²) in [6, 6.07) is 4.94. The van der Waals surface area contributed by atoms with Gasteiger partial charge in [0.2, 0.25) is 5.91 Å². The molecule has 17 heavy (non-hydrogen) atoms. The number of benzene rings is 1. The van der Waals surface area contributed by atoms with Gasteiger partial charge in [-0.05, 0) is 32.0 Å². The van der Waals surface area contributed by atoms with Crippen LogP contribution in [0.4, 0.5) is 5.69 Å². The fraction of sp³-hybridized carbons (Fsp3) is 0.333. The Balaban J connectivity index is 2.70. The quantitative estimate of drug-likeness (QED) is 0.823. The van der Waals surface area contributed by atoms with Gasteiger partial charge >= 0.3 is 0 Å². The van der Waals surface area contributed by atoms with E-state index >= 15 is 0 Å². The lowest BCUT2D eigenvalue weighted by Crippen LogP contribution is -2.14. The first kappa shape index (κ1) is 13.5. The number of carbonyl (C=O) groups excluding carboxylic acids is 2. The van der Waals surface area contributed by atoms with Gasteiger partial charge in [-0.15, -0.1) is 0 Å². The van der Waals surface area contributed by atoms with Crippen molar-refractivity contribution in [3.8, 4) is 5.75 Å². The Hall–Kier alpha value is -1.55. The van der Waals surface area contributed by atoms with E-state index in [-0.39, 0.29) is 18.1 Å². The SMILES string of the molecule is CCOc1ccc(NC(=O)CC(C)=O)cc1Cl. The molecule has 0 aromatic heterocycles. The zero-order chi connectivity index (χ0) is 12.8. The van der Waals surface area contributed by atoms with Crippen LogP contribution in [0.15, 0.2) is 18.2 Å². The molecule has 0 heterocycles. The van der Waals surface area contributed by atoms with Crippen LogP contribution in [0.5, 0.6) is 5.75 Å². The number of hydrogen-bond acceptors (Lipinski definition) is 3. The second-order valence-electron chi connectivity index (χ2n) is 3.51. The van der Waals surface area contributed by atoms with E-state index in [9.17, 15) is 9.59 Å². The van der Waals surface area contributed by atoms with Crippen molar-refractivity contribution in [1.29, 1.82) is 0 Å². The molecular formula is C12H14ClNO3. The minimum atomic E-state index is -0.349. The molecule has 0 saturated carbocycles. The van der Waals surface area contributed by atoms with Crippen molar-refractivity contribution in [2.75, 3.05) is 11.9 Å². The number of nitrogens with one attached hydrogen (secondary N) is 1. The lowest BCUT2D eigenvalue weighted by molar-refractivity contribution is -0.124. The third-order valence-electron chi connectivity index (χ3n) is 1.92. The van der Waals surface area contributed by atoms with E-state index in [1.807, 2.05) is 6.92 Å². The van der Waals surface area contributed by atoms with E-state index in [1.165, 1.54) is 6.92 Å². The molecule has 0 bridgehead atoms. The molecule has 0 aliphatic carbocycles. The highest BCUT2D eigenvalue weighted by Gasteiger charge is 2.07. The van der Waals surface area contributed by atoms with E-state index in [1.54, 1.807) is 18.2 Å². The smallest absolute Gasteiger partial charge is 0.231 e. The lowest BCUT2D eigenvalue weighted by Gasteiger charge is -2.08. The predicted molar refractivity (Wildman–Crippen MR) is 66.5 cm³/mol. The number of rotatable bonds is 5. The maximum absolute atomic E-state index is 11.3. The van der Waals surface area contributed by atoms with Gasteiger partial charge in [-0.25, -0.2) is 0 Å². The van der Waals surface area contributed by atoms with Crippen LogP contribution in [0.25, 0.3) is 0 Å².